The summed E-state index contributed by atoms with van der Waals surface area (Å²) in [6.45, 7) is 1.07. The van der Waals surface area contributed by atoms with Crippen molar-refractivity contribution in [3.05, 3.63) is 34.7 Å². The van der Waals surface area contributed by atoms with Crippen molar-refractivity contribution < 1.29 is 0 Å². The van der Waals surface area contributed by atoms with E-state index in [1.54, 1.807) is 6.33 Å². The molecular weight excluding hydrogens is 318 g/mol. The lowest BCUT2D eigenvalue weighted by Crippen LogP contribution is -2.13. The van der Waals surface area contributed by atoms with Crippen molar-refractivity contribution in [1.29, 1.82) is 0 Å². The van der Waals surface area contributed by atoms with Crippen LogP contribution in [0.2, 0.25) is 0 Å². The molecule has 3 heterocycles. The van der Waals surface area contributed by atoms with E-state index in [-0.39, 0.29) is 0 Å². The summed E-state index contributed by atoms with van der Waals surface area (Å²) in [6.07, 6.45) is 4.08. The molecule has 0 spiro atoms. The first-order valence-electron chi connectivity index (χ1n) is 6.73. The lowest BCUT2D eigenvalue weighted by atomic mass is 10.1. The van der Waals surface area contributed by atoms with E-state index in [4.69, 9.17) is 0 Å². The smallest absolute Gasteiger partial charge is 0.107 e. The first-order valence-corrected chi connectivity index (χ1v) is 7.53. The SMILES string of the molecule is Brc1c(-c2ccc3nc[nH]c3c2)n[nH]c1C1CCCN1. The zero-order valence-corrected chi connectivity index (χ0v) is 12.4. The Morgan fingerprint density at radius 2 is 2.25 bits per heavy atom. The molecule has 102 valence electrons. The molecule has 1 aliphatic rings. The van der Waals surface area contributed by atoms with Crippen LogP contribution in [0.4, 0.5) is 0 Å². The molecule has 1 aliphatic heterocycles. The predicted molar refractivity (Wildman–Crippen MR) is 81.4 cm³/mol. The van der Waals surface area contributed by atoms with E-state index < -0.39 is 0 Å². The molecule has 5 nitrogen and oxygen atoms in total. The zero-order chi connectivity index (χ0) is 13.5. The van der Waals surface area contributed by atoms with Gasteiger partial charge in [-0.25, -0.2) is 4.98 Å². The molecule has 4 rings (SSSR count). The zero-order valence-electron chi connectivity index (χ0n) is 10.8. The fraction of sp³-hybridized carbons (Fsp3) is 0.286. The van der Waals surface area contributed by atoms with Crippen LogP contribution in [-0.4, -0.2) is 26.7 Å². The van der Waals surface area contributed by atoms with Crippen molar-refractivity contribution in [2.24, 2.45) is 0 Å². The summed E-state index contributed by atoms with van der Waals surface area (Å²) in [5.74, 6) is 0. The van der Waals surface area contributed by atoms with Crippen molar-refractivity contribution in [2.45, 2.75) is 18.9 Å². The standard InChI is InChI=1S/C14H14BrN5/c15-12-13(19-20-14(12)10-2-1-5-16-10)8-3-4-9-11(6-8)18-7-17-9/h3-4,6-7,10,16H,1-2,5H2,(H,17,18)(H,19,20). The van der Waals surface area contributed by atoms with Crippen molar-refractivity contribution in [1.82, 2.24) is 25.5 Å². The molecule has 1 fully saturated rings. The lowest BCUT2D eigenvalue weighted by molar-refractivity contribution is 0.623. The Hall–Kier alpha value is -1.66. The van der Waals surface area contributed by atoms with Gasteiger partial charge in [0.15, 0.2) is 0 Å². The molecule has 0 bridgehead atoms. The Morgan fingerprint density at radius 3 is 3.10 bits per heavy atom. The molecule has 2 aromatic heterocycles. The van der Waals surface area contributed by atoms with Crippen LogP contribution in [0.3, 0.4) is 0 Å². The number of imidazole rings is 1. The largest absolute Gasteiger partial charge is 0.345 e. The fourth-order valence-corrected chi connectivity index (χ4v) is 3.46. The van der Waals surface area contributed by atoms with E-state index in [1.165, 1.54) is 6.42 Å². The summed E-state index contributed by atoms with van der Waals surface area (Å²) in [5.41, 5.74) is 5.16. The van der Waals surface area contributed by atoms with Gasteiger partial charge in [0.1, 0.15) is 5.69 Å². The van der Waals surface area contributed by atoms with Crippen molar-refractivity contribution in [3.8, 4) is 11.3 Å². The molecule has 0 radical (unpaired) electrons. The number of halogens is 1. The van der Waals surface area contributed by atoms with Crippen LogP contribution in [0.1, 0.15) is 24.6 Å². The number of fused-ring (bicyclic) bond motifs is 1. The number of rotatable bonds is 2. The molecule has 3 aromatic rings. The van der Waals surface area contributed by atoms with Crippen molar-refractivity contribution >= 4 is 27.0 Å². The highest BCUT2D eigenvalue weighted by Gasteiger charge is 2.23. The Kier molecular flexibility index (Phi) is 2.85. The highest BCUT2D eigenvalue weighted by Crippen LogP contribution is 2.35. The highest BCUT2D eigenvalue weighted by molar-refractivity contribution is 9.10. The molecule has 1 atom stereocenters. The van der Waals surface area contributed by atoms with Gasteiger partial charge in [-0.3, -0.25) is 5.10 Å². The second-order valence-electron chi connectivity index (χ2n) is 5.08. The first kappa shape index (κ1) is 12.1. The first-order chi connectivity index (χ1) is 9.83. The van der Waals surface area contributed by atoms with E-state index in [9.17, 15) is 0 Å². The van der Waals surface area contributed by atoms with Crippen LogP contribution in [0, 0.1) is 0 Å². The molecule has 20 heavy (non-hydrogen) atoms. The molecule has 0 amide bonds. The third-order valence-corrected chi connectivity index (χ3v) is 4.64. The Labute approximate surface area is 124 Å². The van der Waals surface area contributed by atoms with Crippen LogP contribution in [-0.2, 0) is 0 Å². The molecule has 0 saturated carbocycles. The van der Waals surface area contributed by atoms with Crippen LogP contribution < -0.4 is 5.32 Å². The van der Waals surface area contributed by atoms with Gasteiger partial charge in [-0.1, -0.05) is 6.07 Å². The second-order valence-corrected chi connectivity index (χ2v) is 5.88. The minimum Gasteiger partial charge on any atom is -0.345 e. The van der Waals surface area contributed by atoms with Crippen molar-refractivity contribution in [3.63, 3.8) is 0 Å². The van der Waals surface area contributed by atoms with Gasteiger partial charge in [-0.05, 0) is 47.4 Å². The third-order valence-electron chi connectivity index (χ3n) is 3.83. The number of H-pyrrole nitrogens is 2. The normalized spacial score (nSPS) is 18.9. The van der Waals surface area contributed by atoms with E-state index in [1.807, 2.05) is 6.07 Å². The number of hydrogen-bond donors (Lipinski definition) is 3. The number of aromatic amines is 2. The van der Waals surface area contributed by atoms with Crippen LogP contribution >= 0.6 is 15.9 Å². The van der Waals surface area contributed by atoms with Crippen LogP contribution in [0.25, 0.3) is 22.3 Å². The Bertz CT molecular complexity index is 754. The molecule has 3 N–H and O–H groups in total. The summed E-state index contributed by atoms with van der Waals surface area (Å²) in [6, 6.07) is 6.52. The summed E-state index contributed by atoms with van der Waals surface area (Å²) in [4.78, 5) is 7.37. The van der Waals surface area contributed by atoms with Crippen molar-refractivity contribution in [2.75, 3.05) is 6.54 Å². The quantitative estimate of drug-likeness (QED) is 0.675. The molecule has 1 unspecified atom stereocenters. The minimum atomic E-state index is 0.376. The average Bonchev–Trinajstić information content (AvgIpc) is 3.17. The molecular formula is C14H14BrN5. The Morgan fingerprint density at radius 1 is 1.30 bits per heavy atom. The van der Waals surface area contributed by atoms with Gasteiger partial charge in [-0.2, -0.15) is 5.10 Å². The topological polar surface area (TPSA) is 69.4 Å². The predicted octanol–water partition coefficient (Wildman–Crippen LogP) is 3.14. The van der Waals surface area contributed by atoms with Gasteiger partial charge in [0.25, 0.3) is 0 Å². The third kappa shape index (κ3) is 1.87. The molecule has 6 heteroatoms. The summed E-state index contributed by atoms with van der Waals surface area (Å²) >= 11 is 3.69. The van der Waals surface area contributed by atoms with Crippen LogP contribution in [0.5, 0.6) is 0 Å². The van der Waals surface area contributed by atoms with Gasteiger partial charge >= 0.3 is 0 Å². The molecule has 1 saturated heterocycles. The maximum absolute atomic E-state index is 4.48. The number of nitrogens with one attached hydrogen (secondary N) is 3. The minimum absolute atomic E-state index is 0.376. The van der Waals surface area contributed by atoms with E-state index in [0.717, 1.165) is 45.4 Å². The number of benzene rings is 1. The van der Waals surface area contributed by atoms with E-state index in [0.29, 0.717) is 6.04 Å². The number of nitrogens with zero attached hydrogens (tertiary/aromatic N) is 2. The van der Waals surface area contributed by atoms with Gasteiger partial charge < -0.3 is 10.3 Å². The number of hydrogen-bond acceptors (Lipinski definition) is 3. The summed E-state index contributed by atoms with van der Waals surface area (Å²) in [7, 11) is 0. The maximum atomic E-state index is 4.48. The van der Waals surface area contributed by atoms with Gasteiger partial charge in [0.05, 0.1) is 33.6 Å². The van der Waals surface area contributed by atoms with Gasteiger partial charge in [0.2, 0.25) is 0 Å². The fourth-order valence-electron chi connectivity index (χ4n) is 2.78. The summed E-state index contributed by atoms with van der Waals surface area (Å²) < 4.78 is 1.05. The van der Waals surface area contributed by atoms with E-state index in [2.05, 4.69) is 53.5 Å². The molecule has 0 aliphatic carbocycles. The Balaban J connectivity index is 1.77. The monoisotopic (exact) mass is 331 g/mol. The number of aromatic nitrogens is 4. The van der Waals surface area contributed by atoms with Gasteiger partial charge in [0, 0.05) is 5.56 Å². The molecule has 1 aromatic carbocycles. The van der Waals surface area contributed by atoms with Gasteiger partial charge in [-0.15, -0.1) is 0 Å². The highest BCUT2D eigenvalue weighted by atomic mass is 79.9. The lowest BCUT2D eigenvalue weighted by Gasteiger charge is -2.07. The average molecular weight is 332 g/mol. The maximum Gasteiger partial charge on any atom is 0.107 e. The second kappa shape index (κ2) is 4.71. The van der Waals surface area contributed by atoms with E-state index >= 15 is 0 Å². The van der Waals surface area contributed by atoms with Crippen LogP contribution in [0.15, 0.2) is 29.0 Å². The summed E-state index contributed by atoms with van der Waals surface area (Å²) in [5, 5.41) is 11.1.